The Morgan fingerprint density at radius 1 is 1.50 bits per heavy atom. The van der Waals surface area contributed by atoms with Gasteiger partial charge in [0.15, 0.2) is 0 Å². The lowest BCUT2D eigenvalue weighted by Gasteiger charge is -2.44. The minimum atomic E-state index is 0.413. The Morgan fingerprint density at radius 2 is 2.25 bits per heavy atom. The van der Waals surface area contributed by atoms with Crippen LogP contribution in [0.1, 0.15) is 57.6 Å². The highest BCUT2D eigenvalue weighted by Gasteiger charge is 2.36. The molecule has 1 atom stereocenters. The van der Waals surface area contributed by atoms with E-state index in [9.17, 15) is 0 Å². The average Bonchev–Trinajstić information content (AvgIpc) is 2.65. The summed E-state index contributed by atoms with van der Waals surface area (Å²) in [7, 11) is 1.98. The molecule has 0 aromatic carbocycles. The van der Waals surface area contributed by atoms with Crippen LogP contribution in [0.3, 0.4) is 0 Å². The van der Waals surface area contributed by atoms with E-state index in [-0.39, 0.29) is 0 Å². The van der Waals surface area contributed by atoms with Crippen LogP contribution in [0, 0.1) is 0 Å². The van der Waals surface area contributed by atoms with Crippen molar-refractivity contribution < 1.29 is 0 Å². The third-order valence-electron chi connectivity index (χ3n) is 4.00. The smallest absolute Gasteiger partial charge is 0.0537 e. The average molecular weight is 221 g/mol. The predicted octanol–water partition coefficient (Wildman–Crippen LogP) is 2.79. The van der Waals surface area contributed by atoms with Gasteiger partial charge in [-0.1, -0.05) is 13.8 Å². The summed E-state index contributed by atoms with van der Waals surface area (Å²) >= 11 is 0. The molecule has 3 nitrogen and oxygen atoms in total. The Labute approximate surface area is 98.2 Å². The summed E-state index contributed by atoms with van der Waals surface area (Å²) in [6, 6.07) is 0.467. The maximum absolute atomic E-state index is 4.26. The minimum Gasteiger partial charge on any atom is -0.304 e. The topological polar surface area (TPSA) is 29.9 Å². The number of hydrogen-bond donors (Lipinski definition) is 1. The molecule has 1 aliphatic carbocycles. The first-order valence-electron chi connectivity index (χ1n) is 6.45. The van der Waals surface area contributed by atoms with Gasteiger partial charge in [0.05, 0.1) is 6.20 Å². The molecular formula is C13H23N3. The molecule has 2 rings (SSSR count). The van der Waals surface area contributed by atoms with Crippen molar-refractivity contribution in [3.63, 3.8) is 0 Å². The molecule has 1 aliphatic rings. The van der Waals surface area contributed by atoms with Gasteiger partial charge < -0.3 is 5.32 Å². The molecule has 0 radical (unpaired) electrons. The van der Waals surface area contributed by atoms with E-state index in [2.05, 4.69) is 30.5 Å². The molecule has 1 saturated carbocycles. The number of aromatic nitrogens is 2. The van der Waals surface area contributed by atoms with Crippen LogP contribution < -0.4 is 5.32 Å². The lowest BCUT2D eigenvalue weighted by molar-refractivity contribution is 0.154. The van der Waals surface area contributed by atoms with Crippen LogP contribution in [0.25, 0.3) is 0 Å². The Bertz CT molecular complexity index is 333. The van der Waals surface area contributed by atoms with E-state index in [1.165, 1.54) is 31.2 Å². The molecule has 1 aromatic heterocycles. The van der Waals surface area contributed by atoms with Gasteiger partial charge in [-0.2, -0.15) is 5.10 Å². The van der Waals surface area contributed by atoms with Crippen molar-refractivity contribution >= 4 is 0 Å². The van der Waals surface area contributed by atoms with Crippen molar-refractivity contribution in [1.29, 1.82) is 0 Å². The van der Waals surface area contributed by atoms with E-state index >= 15 is 0 Å². The molecule has 1 unspecified atom stereocenters. The van der Waals surface area contributed by atoms with Gasteiger partial charge in [-0.25, -0.2) is 0 Å². The molecule has 1 heterocycles. The number of nitrogens with one attached hydrogen (secondary N) is 1. The molecule has 0 amide bonds. The van der Waals surface area contributed by atoms with Crippen LogP contribution in [0.4, 0.5) is 0 Å². The van der Waals surface area contributed by atoms with Gasteiger partial charge in [-0.15, -0.1) is 0 Å². The van der Waals surface area contributed by atoms with Crippen molar-refractivity contribution in [3.05, 3.63) is 18.0 Å². The monoisotopic (exact) mass is 221 g/mol. The van der Waals surface area contributed by atoms with Crippen LogP contribution in [0.5, 0.6) is 0 Å². The van der Waals surface area contributed by atoms with Gasteiger partial charge in [0, 0.05) is 30.4 Å². The first-order valence-corrected chi connectivity index (χ1v) is 6.45. The third kappa shape index (κ3) is 2.14. The quantitative estimate of drug-likeness (QED) is 0.828. The lowest BCUT2D eigenvalue weighted by atomic mass is 9.74. The van der Waals surface area contributed by atoms with Crippen molar-refractivity contribution in [3.8, 4) is 0 Å². The summed E-state index contributed by atoms with van der Waals surface area (Å²) in [5.74, 6) is 0. The number of rotatable bonds is 5. The molecule has 0 spiro atoms. The van der Waals surface area contributed by atoms with Gasteiger partial charge in [-0.05, 0) is 32.1 Å². The van der Waals surface area contributed by atoms with Crippen molar-refractivity contribution in [2.45, 2.75) is 57.5 Å². The Hall–Kier alpha value is -0.830. The molecule has 0 saturated heterocycles. The molecular weight excluding hydrogens is 198 g/mol. The fourth-order valence-corrected chi connectivity index (χ4v) is 2.61. The standard InChI is InChI=1S/C13H23N3/c1-4-12(11-9-14-16(3)10-11)15-13(5-2)7-6-8-13/h9-10,12,15H,4-8H2,1-3H3. The highest BCUT2D eigenvalue weighted by atomic mass is 15.2. The van der Waals surface area contributed by atoms with Gasteiger partial charge >= 0.3 is 0 Å². The van der Waals surface area contributed by atoms with Gasteiger partial charge in [0.2, 0.25) is 0 Å². The summed E-state index contributed by atoms with van der Waals surface area (Å²) in [6.45, 7) is 4.54. The van der Waals surface area contributed by atoms with Crippen LogP contribution in [-0.4, -0.2) is 15.3 Å². The summed E-state index contributed by atoms with van der Waals surface area (Å²) in [5.41, 5.74) is 1.74. The second-order valence-electron chi connectivity index (χ2n) is 5.04. The molecule has 16 heavy (non-hydrogen) atoms. The van der Waals surface area contributed by atoms with Crippen molar-refractivity contribution in [2.24, 2.45) is 7.05 Å². The SMILES string of the molecule is CCC(NC1(CC)CCC1)c1cnn(C)c1. The Balaban J connectivity index is 2.05. The molecule has 90 valence electrons. The van der Waals surface area contributed by atoms with Crippen molar-refractivity contribution in [1.82, 2.24) is 15.1 Å². The summed E-state index contributed by atoms with van der Waals surface area (Å²) in [4.78, 5) is 0. The van der Waals surface area contributed by atoms with Gasteiger partial charge in [0.25, 0.3) is 0 Å². The zero-order valence-corrected chi connectivity index (χ0v) is 10.7. The second kappa shape index (κ2) is 4.58. The highest BCUT2D eigenvalue weighted by Crippen LogP contribution is 2.37. The van der Waals surface area contributed by atoms with E-state index in [1.807, 2.05) is 17.9 Å². The number of hydrogen-bond acceptors (Lipinski definition) is 2. The fourth-order valence-electron chi connectivity index (χ4n) is 2.61. The zero-order valence-electron chi connectivity index (χ0n) is 10.7. The van der Waals surface area contributed by atoms with E-state index in [0.717, 1.165) is 6.42 Å². The molecule has 1 fully saturated rings. The van der Waals surface area contributed by atoms with Gasteiger partial charge in [0.1, 0.15) is 0 Å². The number of nitrogens with zero attached hydrogens (tertiary/aromatic N) is 2. The van der Waals surface area contributed by atoms with E-state index in [1.54, 1.807) is 0 Å². The molecule has 1 N–H and O–H groups in total. The highest BCUT2D eigenvalue weighted by molar-refractivity contribution is 5.12. The third-order valence-corrected chi connectivity index (χ3v) is 4.00. The molecule has 1 aromatic rings. The van der Waals surface area contributed by atoms with Crippen LogP contribution in [0.15, 0.2) is 12.4 Å². The Kier molecular flexibility index (Phi) is 3.33. The second-order valence-corrected chi connectivity index (χ2v) is 5.04. The van der Waals surface area contributed by atoms with E-state index in [4.69, 9.17) is 0 Å². The largest absolute Gasteiger partial charge is 0.304 e. The minimum absolute atomic E-state index is 0.413. The summed E-state index contributed by atoms with van der Waals surface area (Å²) in [6.07, 6.45) is 10.5. The normalized spacial score (nSPS) is 20.4. The molecule has 0 bridgehead atoms. The zero-order chi connectivity index (χ0) is 11.6. The maximum Gasteiger partial charge on any atom is 0.0537 e. The number of aryl methyl sites for hydroxylation is 1. The first kappa shape index (κ1) is 11.6. The fraction of sp³-hybridized carbons (Fsp3) is 0.769. The van der Waals surface area contributed by atoms with E-state index in [0.29, 0.717) is 11.6 Å². The lowest BCUT2D eigenvalue weighted by Crippen LogP contribution is -2.51. The van der Waals surface area contributed by atoms with E-state index < -0.39 is 0 Å². The molecule has 0 aliphatic heterocycles. The predicted molar refractivity (Wildman–Crippen MR) is 66.2 cm³/mol. The van der Waals surface area contributed by atoms with Crippen LogP contribution >= 0.6 is 0 Å². The summed E-state index contributed by atoms with van der Waals surface area (Å²) in [5, 5.41) is 8.10. The summed E-state index contributed by atoms with van der Waals surface area (Å²) < 4.78 is 1.89. The van der Waals surface area contributed by atoms with Crippen molar-refractivity contribution in [2.75, 3.05) is 0 Å². The van der Waals surface area contributed by atoms with Crippen LogP contribution in [0.2, 0.25) is 0 Å². The first-order chi connectivity index (χ1) is 7.69. The maximum atomic E-state index is 4.26. The molecule has 3 heteroatoms. The van der Waals surface area contributed by atoms with Gasteiger partial charge in [-0.3, -0.25) is 4.68 Å². The van der Waals surface area contributed by atoms with Crippen LogP contribution in [-0.2, 0) is 7.05 Å². The Morgan fingerprint density at radius 3 is 2.62 bits per heavy atom.